The minimum Gasteiger partial charge on any atom is -0.481 e. The maximum Gasteiger partial charge on any atom is 0.313 e. The molecular formula is C23H29NO4. The summed E-state index contributed by atoms with van der Waals surface area (Å²) in [5, 5.41) is 20.5. The van der Waals surface area contributed by atoms with Crippen LogP contribution in [0.1, 0.15) is 24.0 Å². The van der Waals surface area contributed by atoms with Crippen LogP contribution in [0.2, 0.25) is 0 Å². The average Bonchev–Trinajstić information content (AvgIpc) is 2.71. The van der Waals surface area contributed by atoms with E-state index in [2.05, 4.69) is 4.90 Å². The monoisotopic (exact) mass is 383 g/mol. The molecule has 0 radical (unpaired) electrons. The highest BCUT2D eigenvalue weighted by Gasteiger charge is 2.49. The standard InChI is InChI=1S/C23H29NO4/c25-21-12-14-24(13-7-15-28-17-20-10-5-2-6-11-20)18-23(21,22(26)27)16-19-8-3-1-4-9-19/h1-6,8-11,21,25H,7,12-18H2,(H,26,27)/t21-,23+/m0/s1. The number of carboxylic acid groups (broad SMARTS) is 1. The van der Waals surface area contributed by atoms with Crippen LogP contribution in [0, 0.1) is 5.41 Å². The third kappa shape index (κ3) is 5.19. The molecule has 0 bridgehead atoms. The van der Waals surface area contributed by atoms with E-state index in [1.807, 2.05) is 60.7 Å². The van der Waals surface area contributed by atoms with E-state index in [1.165, 1.54) is 0 Å². The zero-order chi connectivity index (χ0) is 19.8. The van der Waals surface area contributed by atoms with Gasteiger partial charge in [-0.1, -0.05) is 60.7 Å². The van der Waals surface area contributed by atoms with Crippen molar-refractivity contribution >= 4 is 5.97 Å². The van der Waals surface area contributed by atoms with E-state index in [4.69, 9.17) is 4.74 Å². The number of aliphatic hydroxyl groups excluding tert-OH is 1. The number of aliphatic hydroxyl groups is 1. The summed E-state index contributed by atoms with van der Waals surface area (Å²) in [5.41, 5.74) is 0.929. The summed E-state index contributed by atoms with van der Waals surface area (Å²) in [4.78, 5) is 14.3. The van der Waals surface area contributed by atoms with Gasteiger partial charge in [-0.3, -0.25) is 4.79 Å². The van der Waals surface area contributed by atoms with Gasteiger partial charge < -0.3 is 19.8 Å². The fourth-order valence-electron chi connectivity index (χ4n) is 3.93. The molecule has 1 saturated heterocycles. The molecule has 5 heteroatoms. The molecule has 1 aliphatic rings. The second-order valence-electron chi connectivity index (χ2n) is 7.60. The Morgan fingerprint density at radius 3 is 2.36 bits per heavy atom. The third-order valence-corrected chi connectivity index (χ3v) is 5.53. The van der Waals surface area contributed by atoms with E-state index in [0.717, 1.165) is 24.1 Å². The fourth-order valence-corrected chi connectivity index (χ4v) is 3.93. The predicted molar refractivity (Wildman–Crippen MR) is 108 cm³/mol. The highest BCUT2D eigenvalue weighted by Crippen LogP contribution is 2.34. The molecule has 0 aliphatic carbocycles. The summed E-state index contributed by atoms with van der Waals surface area (Å²) in [5.74, 6) is -0.922. The van der Waals surface area contributed by atoms with Crippen molar-refractivity contribution in [2.45, 2.75) is 32.0 Å². The second-order valence-corrected chi connectivity index (χ2v) is 7.60. The molecule has 150 valence electrons. The van der Waals surface area contributed by atoms with E-state index in [1.54, 1.807) is 0 Å². The van der Waals surface area contributed by atoms with Gasteiger partial charge in [-0.25, -0.2) is 0 Å². The van der Waals surface area contributed by atoms with Crippen molar-refractivity contribution in [1.29, 1.82) is 0 Å². The SMILES string of the molecule is O=C(O)[C@]1(Cc2ccccc2)CN(CCCOCc2ccccc2)CC[C@@H]1O. The molecule has 3 rings (SSSR count). The number of aliphatic carboxylic acids is 1. The maximum atomic E-state index is 12.2. The first kappa shape index (κ1) is 20.5. The molecule has 1 aliphatic heterocycles. The summed E-state index contributed by atoms with van der Waals surface area (Å²) in [6.07, 6.45) is 0.815. The molecule has 1 fully saturated rings. The zero-order valence-corrected chi connectivity index (χ0v) is 16.2. The Balaban J connectivity index is 1.52. The lowest BCUT2D eigenvalue weighted by Crippen LogP contribution is -2.57. The predicted octanol–water partition coefficient (Wildman–Crippen LogP) is 2.97. The quantitative estimate of drug-likeness (QED) is 0.652. The van der Waals surface area contributed by atoms with E-state index in [-0.39, 0.29) is 0 Å². The number of ether oxygens (including phenoxy) is 1. The maximum absolute atomic E-state index is 12.2. The van der Waals surface area contributed by atoms with Crippen molar-refractivity contribution in [3.05, 3.63) is 71.8 Å². The van der Waals surface area contributed by atoms with Gasteiger partial charge in [0.15, 0.2) is 0 Å². The first-order valence-electron chi connectivity index (χ1n) is 9.89. The highest BCUT2D eigenvalue weighted by molar-refractivity contribution is 5.76. The van der Waals surface area contributed by atoms with Crippen LogP contribution in [-0.2, 0) is 22.6 Å². The summed E-state index contributed by atoms with van der Waals surface area (Å²) in [7, 11) is 0. The van der Waals surface area contributed by atoms with Gasteiger partial charge in [0.2, 0.25) is 0 Å². The Morgan fingerprint density at radius 1 is 1.07 bits per heavy atom. The molecule has 28 heavy (non-hydrogen) atoms. The molecule has 1 heterocycles. The molecule has 2 N–H and O–H groups in total. The summed E-state index contributed by atoms with van der Waals surface area (Å²) in [6, 6.07) is 19.6. The van der Waals surface area contributed by atoms with Crippen LogP contribution in [0.3, 0.4) is 0 Å². The van der Waals surface area contributed by atoms with Gasteiger partial charge in [-0.2, -0.15) is 0 Å². The highest BCUT2D eigenvalue weighted by atomic mass is 16.5. The van der Waals surface area contributed by atoms with Crippen LogP contribution in [0.5, 0.6) is 0 Å². The Labute approximate surface area is 166 Å². The Morgan fingerprint density at radius 2 is 1.71 bits per heavy atom. The topological polar surface area (TPSA) is 70.0 Å². The van der Waals surface area contributed by atoms with Crippen LogP contribution >= 0.6 is 0 Å². The van der Waals surface area contributed by atoms with E-state index >= 15 is 0 Å². The molecule has 0 aromatic heterocycles. The summed E-state index contributed by atoms with van der Waals surface area (Å²) >= 11 is 0. The van der Waals surface area contributed by atoms with Crippen LogP contribution in [0.4, 0.5) is 0 Å². The molecule has 0 unspecified atom stereocenters. The minimum absolute atomic E-state index is 0.339. The van der Waals surface area contributed by atoms with Crippen molar-refractivity contribution < 1.29 is 19.7 Å². The van der Waals surface area contributed by atoms with E-state index in [0.29, 0.717) is 39.1 Å². The Bertz CT molecular complexity index is 737. The lowest BCUT2D eigenvalue weighted by atomic mass is 9.73. The number of nitrogens with zero attached hydrogens (tertiary/aromatic N) is 1. The van der Waals surface area contributed by atoms with Gasteiger partial charge in [0, 0.05) is 26.2 Å². The normalized spacial score (nSPS) is 22.8. The van der Waals surface area contributed by atoms with Gasteiger partial charge in [-0.15, -0.1) is 0 Å². The van der Waals surface area contributed by atoms with Gasteiger partial charge in [0.1, 0.15) is 5.41 Å². The third-order valence-electron chi connectivity index (χ3n) is 5.53. The number of rotatable bonds is 9. The number of likely N-dealkylation sites (tertiary alicyclic amines) is 1. The summed E-state index contributed by atoms with van der Waals surface area (Å²) < 4.78 is 5.73. The number of carbonyl (C=O) groups is 1. The molecule has 2 aromatic carbocycles. The number of piperidine rings is 1. The lowest BCUT2D eigenvalue weighted by molar-refractivity contribution is -0.163. The first-order chi connectivity index (χ1) is 13.6. The van der Waals surface area contributed by atoms with Crippen molar-refractivity contribution in [3.8, 4) is 0 Å². The Hall–Kier alpha value is -2.21. The zero-order valence-electron chi connectivity index (χ0n) is 16.2. The number of benzene rings is 2. The number of hydrogen-bond acceptors (Lipinski definition) is 4. The van der Waals surface area contributed by atoms with Crippen molar-refractivity contribution in [2.24, 2.45) is 5.41 Å². The molecule has 0 spiro atoms. The van der Waals surface area contributed by atoms with Crippen molar-refractivity contribution in [3.63, 3.8) is 0 Å². The molecular weight excluding hydrogens is 354 g/mol. The largest absolute Gasteiger partial charge is 0.481 e. The minimum atomic E-state index is -1.16. The van der Waals surface area contributed by atoms with Crippen LogP contribution in [0.15, 0.2) is 60.7 Å². The molecule has 2 atom stereocenters. The Kier molecular flexibility index (Phi) is 7.20. The van der Waals surface area contributed by atoms with E-state index in [9.17, 15) is 15.0 Å². The second kappa shape index (κ2) is 9.82. The smallest absolute Gasteiger partial charge is 0.313 e. The molecule has 0 saturated carbocycles. The van der Waals surface area contributed by atoms with Crippen LogP contribution in [-0.4, -0.2) is 53.4 Å². The van der Waals surface area contributed by atoms with Gasteiger partial charge >= 0.3 is 5.97 Å². The van der Waals surface area contributed by atoms with Gasteiger partial charge in [0.25, 0.3) is 0 Å². The van der Waals surface area contributed by atoms with Crippen LogP contribution < -0.4 is 0 Å². The van der Waals surface area contributed by atoms with E-state index < -0.39 is 17.5 Å². The molecule has 0 amide bonds. The van der Waals surface area contributed by atoms with Gasteiger partial charge in [0.05, 0.1) is 12.7 Å². The van der Waals surface area contributed by atoms with Crippen molar-refractivity contribution in [1.82, 2.24) is 4.90 Å². The fraction of sp³-hybridized carbons (Fsp3) is 0.435. The average molecular weight is 383 g/mol. The molecule has 5 nitrogen and oxygen atoms in total. The van der Waals surface area contributed by atoms with Gasteiger partial charge in [-0.05, 0) is 30.4 Å². The summed E-state index contributed by atoms with van der Waals surface area (Å²) in [6.45, 7) is 3.06. The molecule has 2 aromatic rings. The first-order valence-corrected chi connectivity index (χ1v) is 9.89. The number of carboxylic acids is 1. The van der Waals surface area contributed by atoms with Crippen molar-refractivity contribution in [2.75, 3.05) is 26.2 Å². The van der Waals surface area contributed by atoms with Crippen LogP contribution in [0.25, 0.3) is 0 Å². The number of hydrogen-bond donors (Lipinski definition) is 2. The lowest BCUT2D eigenvalue weighted by Gasteiger charge is -2.43.